The van der Waals surface area contributed by atoms with Crippen molar-refractivity contribution < 1.29 is 14.7 Å². The van der Waals surface area contributed by atoms with Crippen LogP contribution in [-0.2, 0) is 13.0 Å². The molecule has 0 spiro atoms. The average molecular weight is 460 g/mol. The normalized spacial score (nSPS) is 14.4. The number of hydrogen-bond donors (Lipinski definition) is 1. The molecule has 0 amide bonds. The first kappa shape index (κ1) is 23.9. The van der Waals surface area contributed by atoms with E-state index < -0.39 is 5.97 Å². The number of benzene rings is 2. The molecule has 0 radical (unpaired) electrons. The summed E-state index contributed by atoms with van der Waals surface area (Å²) in [6.07, 6.45) is 7.07. The number of hydrogen-bond acceptors (Lipinski definition) is 4. The topological polar surface area (TPSA) is 85.1 Å². The molecule has 6 heteroatoms. The molecule has 178 valence electrons. The van der Waals surface area contributed by atoms with E-state index in [2.05, 4.69) is 23.9 Å². The van der Waals surface area contributed by atoms with Gasteiger partial charge in [0, 0.05) is 12.3 Å². The largest absolute Gasteiger partial charge is 0.478 e. The fourth-order valence-electron chi connectivity index (χ4n) is 4.64. The molecule has 1 saturated carbocycles. The number of carbonyl (C=O) groups excluding carboxylic acids is 1. The summed E-state index contributed by atoms with van der Waals surface area (Å²) in [6.45, 7) is 4.89. The van der Waals surface area contributed by atoms with Crippen molar-refractivity contribution >= 4 is 11.8 Å². The summed E-state index contributed by atoms with van der Waals surface area (Å²) < 4.78 is 1.87. The van der Waals surface area contributed by atoms with Gasteiger partial charge in [0.15, 0.2) is 0 Å². The maximum Gasteiger partial charge on any atom is 0.336 e. The standard InChI is InChI=1S/C28H33N3O3/c1-19(2)12-17-25-29-27(26(32)22-8-4-3-5-9-22)30-31(25)18-20-13-15-21(16-14-20)23-10-6-7-11-24(23)28(33)34/h6-7,10-11,13-16,19,22H,3-5,8-9,12,17-18H2,1-2H3,(H,33,34). The Morgan fingerprint density at radius 2 is 1.74 bits per heavy atom. The summed E-state index contributed by atoms with van der Waals surface area (Å²) in [6, 6.07) is 14.9. The highest BCUT2D eigenvalue weighted by Gasteiger charge is 2.26. The second-order valence-corrected chi connectivity index (χ2v) is 9.69. The molecule has 6 nitrogen and oxygen atoms in total. The molecule has 0 atom stereocenters. The van der Waals surface area contributed by atoms with Gasteiger partial charge in [0.1, 0.15) is 5.82 Å². The molecule has 1 aliphatic rings. The molecule has 0 saturated heterocycles. The molecule has 1 heterocycles. The third-order valence-corrected chi connectivity index (χ3v) is 6.64. The summed E-state index contributed by atoms with van der Waals surface area (Å²) >= 11 is 0. The predicted molar refractivity (Wildman–Crippen MR) is 132 cm³/mol. The van der Waals surface area contributed by atoms with Gasteiger partial charge >= 0.3 is 5.97 Å². The maximum absolute atomic E-state index is 13.1. The molecule has 1 N–H and O–H groups in total. The van der Waals surface area contributed by atoms with Gasteiger partial charge in [-0.15, -0.1) is 5.10 Å². The number of Topliss-reactive ketones (excluding diaryl/α,β-unsaturated/α-hetero) is 1. The zero-order chi connectivity index (χ0) is 24.1. The smallest absolute Gasteiger partial charge is 0.336 e. The Kier molecular flexibility index (Phi) is 7.56. The van der Waals surface area contributed by atoms with Crippen LogP contribution in [0, 0.1) is 11.8 Å². The van der Waals surface area contributed by atoms with Gasteiger partial charge in [-0.2, -0.15) is 0 Å². The van der Waals surface area contributed by atoms with Gasteiger partial charge in [-0.05, 0) is 47.9 Å². The van der Waals surface area contributed by atoms with Gasteiger partial charge < -0.3 is 5.11 Å². The van der Waals surface area contributed by atoms with E-state index in [1.807, 2.05) is 41.1 Å². The minimum Gasteiger partial charge on any atom is -0.478 e. The lowest BCUT2D eigenvalue weighted by Crippen LogP contribution is -2.19. The molecule has 4 rings (SSSR count). The highest BCUT2D eigenvalue weighted by atomic mass is 16.4. The van der Waals surface area contributed by atoms with Gasteiger partial charge in [-0.1, -0.05) is 75.6 Å². The Balaban J connectivity index is 1.56. The fraction of sp³-hybridized carbons (Fsp3) is 0.429. The number of nitrogens with zero attached hydrogens (tertiary/aromatic N) is 3. The van der Waals surface area contributed by atoms with Crippen molar-refractivity contribution in [1.82, 2.24) is 14.8 Å². The summed E-state index contributed by atoms with van der Waals surface area (Å²) in [5.41, 5.74) is 2.87. The Morgan fingerprint density at radius 1 is 1.03 bits per heavy atom. The lowest BCUT2D eigenvalue weighted by Gasteiger charge is -2.18. The average Bonchev–Trinajstić information content (AvgIpc) is 3.25. The van der Waals surface area contributed by atoms with Crippen LogP contribution in [0.15, 0.2) is 48.5 Å². The molecule has 1 fully saturated rings. The van der Waals surface area contributed by atoms with Crippen LogP contribution in [0.5, 0.6) is 0 Å². The Morgan fingerprint density at radius 3 is 2.41 bits per heavy atom. The van der Waals surface area contributed by atoms with Crippen molar-refractivity contribution in [1.29, 1.82) is 0 Å². The first-order valence-corrected chi connectivity index (χ1v) is 12.3. The van der Waals surface area contributed by atoms with E-state index >= 15 is 0 Å². The van der Waals surface area contributed by atoms with E-state index in [9.17, 15) is 14.7 Å². The number of aryl methyl sites for hydroxylation is 1. The van der Waals surface area contributed by atoms with Crippen molar-refractivity contribution in [3.8, 4) is 11.1 Å². The molecule has 1 aliphatic carbocycles. The number of aromatic nitrogens is 3. The molecule has 3 aromatic rings. The number of carboxylic acids is 1. The number of carbonyl (C=O) groups is 2. The zero-order valence-electron chi connectivity index (χ0n) is 20.0. The van der Waals surface area contributed by atoms with E-state index in [1.165, 1.54) is 6.42 Å². The van der Waals surface area contributed by atoms with E-state index in [4.69, 9.17) is 0 Å². The molecule has 0 bridgehead atoms. The SMILES string of the molecule is CC(C)CCc1nc(C(=O)C2CCCCC2)nn1Cc1ccc(-c2ccccc2C(=O)O)cc1. The Labute approximate surface area is 201 Å². The fourth-order valence-corrected chi connectivity index (χ4v) is 4.64. The minimum atomic E-state index is -0.938. The summed E-state index contributed by atoms with van der Waals surface area (Å²) in [4.78, 5) is 29.3. The van der Waals surface area contributed by atoms with Crippen molar-refractivity contribution in [2.75, 3.05) is 0 Å². The van der Waals surface area contributed by atoms with Gasteiger partial charge in [0.2, 0.25) is 11.6 Å². The molecular formula is C28H33N3O3. The second kappa shape index (κ2) is 10.8. The molecule has 0 unspecified atom stereocenters. The highest BCUT2D eigenvalue weighted by molar-refractivity contribution is 5.96. The number of rotatable bonds is 9. The number of aromatic carboxylic acids is 1. The summed E-state index contributed by atoms with van der Waals surface area (Å²) in [5.74, 6) is 0.954. The predicted octanol–water partition coefficient (Wildman–Crippen LogP) is 6.04. The van der Waals surface area contributed by atoms with Crippen molar-refractivity contribution in [2.24, 2.45) is 11.8 Å². The lowest BCUT2D eigenvalue weighted by atomic mass is 9.86. The third-order valence-electron chi connectivity index (χ3n) is 6.64. The van der Waals surface area contributed by atoms with E-state index in [0.29, 0.717) is 23.9 Å². The monoisotopic (exact) mass is 459 g/mol. The van der Waals surface area contributed by atoms with Crippen molar-refractivity contribution in [3.63, 3.8) is 0 Å². The van der Waals surface area contributed by atoms with Crippen molar-refractivity contribution in [2.45, 2.75) is 65.3 Å². The van der Waals surface area contributed by atoms with Crippen LogP contribution in [-0.4, -0.2) is 31.6 Å². The first-order valence-electron chi connectivity index (χ1n) is 12.3. The van der Waals surface area contributed by atoms with Crippen LogP contribution in [0.2, 0.25) is 0 Å². The van der Waals surface area contributed by atoms with Crippen LogP contribution in [0.1, 0.15) is 84.7 Å². The summed E-state index contributed by atoms with van der Waals surface area (Å²) in [7, 11) is 0. The molecular weight excluding hydrogens is 426 g/mol. The van der Waals surface area contributed by atoms with Gasteiger partial charge in [0.05, 0.1) is 12.1 Å². The Hall–Kier alpha value is -3.28. The van der Waals surface area contributed by atoms with Crippen LogP contribution in [0.25, 0.3) is 11.1 Å². The highest BCUT2D eigenvalue weighted by Crippen LogP contribution is 2.27. The number of carboxylic acid groups (broad SMARTS) is 1. The Bertz CT molecular complexity index is 1140. The van der Waals surface area contributed by atoms with Crippen LogP contribution >= 0.6 is 0 Å². The van der Waals surface area contributed by atoms with Gasteiger partial charge in [-0.3, -0.25) is 4.79 Å². The van der Waals surface area contributed by atoms with Crippen molar-refractivity contribution in [3.05, 3.63) is 71.3 Å². The van der Waals surface area contributed by atoms with Gasteiger partial charge in [-0.25, -0.2) is 14.5 Å². The molecule has 1 aromatic heterocycles. The van der Waals surface area contributed by atoms with E-state index in [1.54, 1.807) is 12.1 Å². The number of ketones is 1. The molecule has 0 aliphatic heterocycles. The quantitative estimate of drug-likeness (QED) is 0.394. The maximum atomic E-state index is 13.1. The van der Waals surface area contributed by atoms with Crippen LogP contribution in [0.3, 0.4) is 0 Å². The van der Waals surface area contributed by atoms with E-state index in [0.717, 1.165) is 55.5 Å². The molecule has 2 aromatic carbocycles. The van der Waals surface area contributed by atoms with E-state index in [-0.39, 0.29) is 17.3 Å². The second-order valence-electron chi connectivity index (χ2n) is 9.69. The molecule has 34 heavy (non-hydrogen) atoms. The minimum absolute atomic E-state index is 0.0520. The first-order chi connectivity index (χ1) is 16.4. The zero-order valence-corrected chi connectivity index (χ0v) is 20.0. The summed E-state index contributed by atoms with van der Waals surface area (Å²) in [5, 5.41) is 14.1. The van der Waals surface area contributed by atoms with Crippen LogP contribution < -0.4 is 0 Å². The lowest BCUT2D eigenvalue weighted by molar-refractivity contribution is 0.0697. The van der Waals surface area contributed by atoms with Gasteiger partial charge in [0.25, 0.3) is 0 Å². The third kappa shape index (κ3) is 5.61. The van der Waals surface area contributed by atoms with Crippen LogP contribution in [0.4, 0.5) is 0 Å².